The fraction of sp³-hybridized carbons (Fsp3) is 0.722. The van der Waals surface area contributed by atoms with E-state index >= 15 is 0 Å². The first-order valence-corrected chi connectivity index (χ1v) is 9.14. The van der Waals surface area contributed by atoms with Gasteiger partial charge in [-0.3, -0.25) is 4.79 Å². The number of nitrogens with two attached hydrogens (primary N) is 1. The summed E-state index contributed by atoms with van der Waals surface area (Å²) >= 11 is 0. The third-order valence-electron chi connectivity index (χ3n) is 5.30. The fourth-order valence-electron chi connectivity index (χ4n) is 3.57. The second-order valence-electron chi connectivity index (χ2n) is 7.32. The SMILES string of the molecule is Cc1nc(C(=O)N(C)CC2CCOCC2)nc(N2CC[C@@H](N)C2)c1C. The summed E-state index contributed by atoms with van der Waals surface area (Å²) in [4.78, 5) is 25.8. The van der Waals surface area contributed by atoms with Gasteiger partial charge in [0.1, 0.15) is 5.82 Å². The molecule has 0 saturated carbocycles. The largest absolute Gasteiger partial charge is 0.381 e. The Morgan fingerprint density at radius 1 is 1.28 bits per heavy atom. The van der Waals surface area contributed by atoms with Crippen molar-refractivity contribution in [3.05, 3.63) is 17.1 Å². The zero-order valence-electron chi connectivity index (χ0n) is 15.5. The topological polar surface area (TPSA) is 84.6 Å². The minimum atomic E-state index is -0.112. The van der Waals surface area contributed by atoms with Crippen LogP contribution in [0.25, 0.3) is 0 Å². The van der Waals surface area contributed by atoms with E-state index in [1.165, 1.54) is 0 Å². The van der Waals surface area contributed by atoms with Crippen LogP contribution in [0.5, 0.6) is 0 Å². The lowest BCUT2D eigenvalue weighted by molar-refractivity contribution is 0.0492. The van der Waals surface area contributed by atoms with Crippen molar-refractivity contribution in [1.29, 1.82) is 0 Å². The number of anilines is 1. The number of amides is 1. The van der Waals surface area contributed by atoms with Crippen LogP contribution >= 0.6 is 0 Å². The third kappa shape index (κ3) is 4.10. The number of rotatable bonds is 4. The minimum Gasteiger partial charge on any atom is -0.381 e. The van der Waals surface area contributed by atoms with E-state index in [2.05, 4.69) is 14.9 Å². The van der Waals surface area contributed by atoms with Gasteiger partial charge in [-0.2, -0.15) is 0 Å². The molecule has 2 aliphatic heterocycles. The molecule has 1 aromatic rings. The average molecular weight is 347 g/mol. The van der Waals surface area contributed by atoms with E-state index in [0.717, 1.165) is 69.2 Å². The Hall–Kier alpha value is -1.73. The molecule has 1 amide bonds. The first-order valence-electron chi connectivity index (χ1n) is 9.14. The number of ether oxygens (including phenoxy) is 1. The summed E-state index contributed by atoms with van der Waals surface area (Å²) in [5.74, 6) is 1.51. The highest BCUT2D eigenvalue weighted by Crippen LogP contribution is 2.24. The standard InChI is InChI=1S/C18H29N5O2/c1-12-13(2)20-16(21-17(12)23-7-4-15(19)11-23)18(24)22(3)10-14-5-8-25-9-6-14/h14-15H,4-11,19H2,1-3H3/t15-/m1/s1. The van der Waals surface area contributed by atoms with Crippen LogP contribution in [-0.4, -0.2) is 66.7 Å². The smallest absolute Gasteiger partial charge is 0.291 e. The van der Waals surface area contributed by atoms with E-state index < -0.39 is 0 Å². The Morgan fingerprint density at radius 2 is 2.00 bits per heavy atom. The molecule has 3 rings (SSSR count). The van der Waals surface area contributed by atoms with Crippen LogP contribution in [-0.2, 0) is 4.74 Å². The number of carbonyl (C=O) groups is 1. The molecule has 0 aromatic carbocycles. The Balaban J connectivity index is 1.76. The van der Waals surface area contributed by atoms with Gasteiger partial charge in [0.25, 0.3) is 5.91 Å². The summed E-state index contributed by atoms with van der Waals surface area (Å²) in [6, 6.07) is 0.171. The summed E-state index contributed by atoms with van der Waals surface area (Å²) in [6.07, 6.45) is 2.96. The first kappa shape index (κ1) is 18.1. The molecule has 0 spiro atoms. The van der Waals surface area contributed by atoms with E-state index in [9.17, 15) is 4.79 Å². The summed E-state index contributed by atoms with van der Waals surface area (Å²) in [5, 5.41) is 0. The quantitative estimate of drug-likeness (QED) is 0.879. The van der Waals surface area contributed by atoms with Crippen LogP contribution in [0.3, 0.4) is 0 Å². The van der Waals surface area contributed by atoms with Crippen molar-refractivity contribution in [3.63, 3.8) is 0 Å². The second-order valence-corrected chi connectivity index (χ2v) is 7.32. The minimum absolute atomic E-state index is 0.112. The molecule has 0 aliphatic carbocycles. The first-order chi connectivity index (χ1) is 12.0. The van der Waals surface area contributed by atoms with Crippen LogP contribution in [0.1, 0.15) is 41.1 Å². The van der Waals surface area contributed by atoms with Crippen LogP contribution < -0.4 is 10.6 Å². The van der Waals surface area contributed by atoms with Crippen LogP contribution in [0.15, 0.2) is 0 Å². The Labute approximate surface area is 149 Å². The molecule has 1 atom stereocenters. The summed E-state index contributed by atoms with van der Waals surface area (Å²) < 4.78 is 5.39. The molecule has 1 aromatic heterocycles. The molecule has 2 fully saturated rings. The lowest BCUT2D eigenvalue weighted by Gasteiger charge is -2.27. The highest BCUT2D eigenvalue weighted by atomic mass is 16.5. The van der Waals surface area contributed by atoms with Crippen molar-refractivity contribution in [2.45, 2.75) is 39.2 Å². The average Bonchev–Trinajstić information content (AvgIpc) is 3.03. The zero-order valence-corrected chi connectivity index (χ0v) is 15.5. The molecular weight excluding hydrogens is 318 g/mol. The van der Waals surface area contributed by atoms with Crippen LogP contribution in [0.2, 0.25) is 0 Å². The lowest BCUT2D eigenvalue weighted by atomic mass is 10.00. The number of aromatic nitrogens is 2. The molecule has 138 valence electrons. The van der Waals surface area contributed by atoms with Gasteiger partial charge in [0.15, 0.2) is 0 Å². The monoisotopic (exact) mass is 347 g/mol. The predicted molar refractivity (Wildman–Crippen MR) is 96.8 cm³/mol. The summed E-state index contributed by atoms with van der Waals surface area (Å²) in [5.41, 5.74) is 7.91. The second kappa shape index (κ2) is 7.66. The highest BCUT2D eigenvalue weighted by molar-refractivity contribution is 5.90. The molecule has 0 unspecified atom stereocenters. The molecule has 2 aliphatic rings. The Kier molecular flexibility index (Phi) is 5.54. The number of aryl methyl sites for hydroxylation is 1. The summed E-state index contributed by atoms with van der Waals surface area (Å²) in [7, 11) is 1.84. The molecule has 7 nitrogen and oxygen atoms in total. The van der Waals surface area contributed by atoms with Gasteiger partial charge in [-0.25, -0.2) is 9.97 Å². The molecule has 3 heterocycles. The van der Waals surface area contributed by atoms with Crippen molar-refractivity contribution in [2.75, 3.05) is 44.8 Å². The lowest BCUT2D eigenvalue weighted by Crippen LogP contribution is -2.36. The normalized spacial score (nSPS) is 21.6. The maximum Gasteiger partial charge on any atom is 0.291 e. The van der Waals surface area contributed by atoms with E-state index in [1.54, 1.807) is 4.90 Å². The van der Waals surface area contributed by atoms with Gasteiger partial charge in [-0.15, -0.1) is 0 Å². The highest BCUT2D eigenvalue weighted by Gasteiger charge is 2.26. The molecule has 25 heavy (non-hydrogen) atoms. The third-order valence-corrected chi connectivity index (χ3v) is 5.30. The van der Waals surface area contributed by atoms with Crippen molar-refractivity contribution in [3.8, 4) is 0 Å². The van der Waals surface area contributed by atoms with Crippen LogP contribution in [0, 0.1) is 19.8 Å². The summed E-state index contributed by atoms with van der Waals surface area (Å²) in [6.45, 7) is 7.90. The number of nitrogens with zero attached hydrogens (tertiary/aromatic N) is 4. The number of carbonyl (C=O) groups excluding carboxylic acids is 1. The molecule has 0 radical (unpaired) electrons. The Morgan fingerprint density at radius 3 is 2.64 bits per heavy atom. The molecule has 7 heteroatoms. The van der Waals surface area contributed by atoms with E-state index in [1.807, 2.05) is 20.9 Å². The van der Waals surface area contributed by atoms with E-state index in [0.29, 0.717) is 5.92 Å². The van der Waals surface area contributed by atoms with Crippen molar-refractivity contribution >= 4 is 11.7 Å². The van der Waals surface area contributed by atoms with Crippen LogP contribution in [0.4, 0.5) is 5.82 Å². The van der Waals surface area contributed by atoms with Gasteiger partial charge in [0, 0.05) is 57.2 Å². The maximum atomic E-state index is 12.8. The van der Waals surface area contributed by atoms with Gasteiger partial charge < -0.3 is 20.3 Å². The van der Waals surface area contributed by atoms with Crippen molar-refractivity contribution in [1.82, 2.24) is 14.9 Å². The van der Waals surface area contributed by atoms with Gasteiger partial charge in [-0.1, -0.05) is 0 Å². The maximum absolute atomic E-state index is 12.8. The number of hydrogen-bond donors (Lipinski definition) is 1. The molecule has 2 saturated heterocycles. The number of hydrogen-bond acceptors (Lipinski definition) is 6. The van der Waals surface area contributed by atoms with Gasteiger partial charge in [0.2, 0.25) is 5.82 Å². The molecule has 2 N–H and O–H groups in total. The Bertz CT molecular complexity index is 630. The predicted octanol–water partition coefficient (Wildman–Crippen LogP) is 1.13. The fourth-order valence-corrected chi connectivity index (χ4v) is 3.57. The van der Waals surface area contributed by atoms with Crippen molar-refractivity contribution in [2.24, 2.45) is 11.7 Å². The van der Waals surface area contributed by atoms with E-state index in [4.69, 9.17) is 10.5 Å². The van der Waals surface area contributed by atoms with Gasteiger partial charge in [0.05, 0.1) is 0 Å². The van der Waals surface area contributed by atoms with Gasteiger partial charge >= 0.3 is 0 Å². The zero-order chi connectivity index (χ0) is 18.0. The van der Waals surface area contributed by atoms with Crippen molar-refractivity contribution < 1.29 is 9.53 Å². The molecular formula is C18H29N5O2. The van der Waals surface area contributed by atoms with E-state index in [-0.39, 0.29) is 17.8 Å². The van der Waals surface area contributed by atoms with Gasteiger partial charge in [-0.05, 0) is 39.0 Å². The molecule has 0 bridgehead atoms.